The van der Waals surface area contributed by atoms with Crippen molar-refractivity contribution in [2.45, 2.75) is 25.8 Å². The van der Waals surface area contributed by atoms with Crippen molar-refractivity contribution >= 4 is 5.69 Å². The Kier molecular flexibility index (Phi) is 2.42. The van der Waals surface area contributed by atoms with Crippen molar-refractivity contribution in [3.05, 3.63) is 33.6 Å². The van der Waals surface area contributed by atoms with Crippen LogP contribution in [0.1, 0.15) is 25.1 Å². The van der Waals surface area contributed by atoms with Gasteiger partial charge in [0.15, 0.2) is 0 Å². The van der Waals surface area contributed by atoms with E-state index in [1.54, 1.807) is 6.07 Å². The van der Waals surface area contributed by atoms with E-state index in [1.807, 2.05) is 7.05 Å². The number of aromatic nitrogens is 1. The predicted octanol–water partition coefficient (Wildman–Crippen LogP) is 1.71. The minimum atomic E-state index is -0.394. The van der Waals surface area contributed by atoms with E-state index >= 15 is 0 Å². The van der Waals surface area contributed by atoms with Crippen molar-refractivity contribution in [3.63, 3.8) is 0 Å². The van der Waals surface area contributed by atoms with Crippen LogP contribution in [0, 0.1) is 10.1 Å². The first-order valence-corrected chi connectivity index (χ1v) is 5.22. The monoisotopic (exact) mass is 221 g/mol. The maximum atomic E-state index is 10.7. The lowest BCUT2D eigenvalue weighted by molar-refractivity contribution is -0.385. The van der Waals surface area contributed by atoms with E-state index in [2.05, 4.69) is 23.7 Å². The summed E-state index contributed by atoms with van der Waals surface area (Å²) in [6.07, 6.45) is 1.35. The molecular weight excluding hydrogens is 206 g/mol. The molecule has 0 N–H and O–H groups in total. The number of pyridine rings is 1. The zero-order valence-electron chi connectivity index (χ0n) is 9.73. The van der Waals surface area contributed by atoms with E-state index in [1.165, 1.54) is 6.20 Å². The van der Waals surface area contributed by atoms with Crippen molar-refractivity contribution in [2.75, 3.05) is 13.6 Å². The maximum Gasteiger partial charge on any atom is 0.287 e. The van der Waals surface area contributed by atoms with Gasteiger partial charge in [0.2, 0.25) is 0 Å². The van der Waals surface area contributed by atoms with E-state index in [0.29, 0.717) is 0 Å². The molecule has 0 bridgehead atoms. The molecule has 0 spiro atoms. The normalized spacial score (nSPS) is 19.2. The molecule has 5 heteroatoms. The van der Waals surface area contributed by atoms with Gasteiger partial charge < -0.3 is 4.90 Å². The van der Waals surface area contributed by atoms with Crippen LogP contribution >= 0.6 is 0 Å². The van der Waals surface area contributed by atoms with E-state index < -0.39 is 4.92 Å². The van der Waals surface area contributed by atoms with Crippen LogP contribution in [0.3, 0.4) is 0 Å². The van der Waals surface area contributed by atoms with E-state index in [0.717, 1.165) is 24.3 Å². The molecule has 86 valence electrons. The van der Waals surface area contributed by atoms with Crippen LogP contribution in [0.25, 0.3) is 0 Å². The summed E-state index contributed by atoms with van der Waals surface area (Å²) in [6, 6.07) is 1.64. The fourth-order valence-electron chi connectivity index (χ4n) is 2.42. The van der Waals surface area contributed by atoms with Crippen molar-refractivity contribution in [1.82, 2.24) is 9.88 Å². The highest BCUT2D eigenvalue weighted by Crippen LogP contribution is 2.32. The van der Waals surface area contributed by atoms with Gasteiger partial charge in [0, 0.05) is 24.6 Å². The van der Waals surface area contributed by atoms with Gasteiger partial charge in [-0.1, -0.05) is 13.8 Å². The molecule has 0 saturated carbocycles. The fourth-order valence-corrected chi connectivity index (χ4v) is 2.42. The van der Waals surface area contributed by atoms with Crippen molar-refractivity contribution in [3.8, 4) is 0 Å². The highest BCUT2D eigenvalue weighted by atomic mass is 16.6. The van der Waals surface area contributed by atoms with Gasteiger partial charge in [-0.3, -0.25) is 15.1 Å². The molecule has 0 aromatic carbocycles. The maximum absolute atomic E-state index is 10.7. The molecule has 0 fully saturated rings. The number of nitrogens with zero attached hydrogens (tertiary/aromatic N) is 3. The molecule has 1 aliphatic rings. The number of likely N-dealkylation sites (N-methyl/N-ethyl adjacent to an activating group) is 1. The number of nitro groups is 1. The SMILES string of the molecule is CN1Cc2cc([N+](=O)[O-])cnc2C(C)(C)C1. The summed E-state index contributed by atoms with van der Waals surface area (Å²) in [5.74, 6) is 0. The van der Waals surface area contributed by atoms with Crippen molar-refractivity contribution < 1.29 is 4.92 Å². The summed E-state index contributed by atoms with van der Waals surface area (Å²) >= 11 is 0. The smallest absolute Gasteiger partial charge is 0.287 e. The summed E-state index contributed by atoms with van der Waals surface area (Å²) in [5, 5.41) is 10.7. The quantitative estimate of drug-likeness (QED) is 0.535. The zero-order valence-corrected chi connectivity index (χ0v) is 9.73. The van der Waals surface area contributed by atoms with E-state index in [9.17, 15) is 10.1 Å². The second-order valence-corrected chi connectivity index (χ2v) is 5.01. The second kappa shape index (κ2) is 3.52. The van der Waals surface area contributed by atoms with Crippen LogP contribution in [0.5, 0.6) is 0 Å². The van der Waals surface area contributed by atoms with Crippen LogP contribution < -0.4 is 0 Å². The Morgan fingerprint density at radius 1 is 1.56 bits per heavy atom. The molecule has 0 saturated heterocycles. The highest BCUT2D eigenvalue weighted by molar-refractivity contribution is 5.38. The Balaban J connectivity index is 2.51. The summed E-state index contributed by atoms with van der Waals surface area (Å²) in [5.41, 5.74) is 1.98. The lowest BCUT2D eigenvalue weighted by atomic mass is 9.82. The molecule has 16 heavy (non-hydrogen) atoms. The first-order valence-electron chi connectivity index (χ1n) is 5.22. The molecular formula is C11H15N3O2. The first-order chi connectivity index (χ1) is 7.40. The molecule has 5 nitrogen and oxygen atoms in total. The average Bonchev–Trinajstić information content (AvgIpc) is 2.14. The van der Waals surface area contributed by atoms with Crippen LogP contribution in [0.15, 0.2) is 12.3 Å². The van der Waals surface area contributed by atoms with Gasteiger partial charge in [-0.2, -0.15) is 0 Å². The molecule has 1 aromatic rings. The molecule has 1 aromatic heterocycles. The molecule has 2 rings (SSSR count). The highest BCUT2D eigenvalue weighted by Gasteiger charge is 2.32. The largest absolute Gasteiger partial charge is 0.301 e. The minimum absolute atomic E-state index is 0.0442. The number of hydrogen-bond acceptors (Lipinski definition) is 4. The standard InChI is InChI=1S/C11H15N3O2/c1-11(2)7-13(3)6-8-4-9(14(15)16)5-12-10(8)11/h4-5H,6-7H2,1-3H3. The summed E-state index contributed by atoms with van der Waals surface area (Å²) in [4.78, 5) is 16.7. The van der Waals surface area contributed by atoms with Crippen LogP contribution in [-0.4, -0.2) is 28.4 Å². The Morgan fingerprint density at radius 3 is 2.88 bits per heavy atom. The average molecular weight is 221 g/mol. The molecule has 0 unspecified atom stereocenters. The molecule has 0 atom stereocenters. The third-order valence-corrected chi connectivity index (χ3v) is 2.91. The minimum Gasteiger partial charge on any atom is -0.301 e. The summed E-state index contributed by atoms with van der Waals surface area (Å²) in [6.45, 7) is 5.87. The third kappa shape index (κ3) is 1.78. The van der Waals surface area contributed by atoms with Gasteiger partial charge in [0.05, 0.1) is 10.6 Å². The predicted molar refractivity (Wildman–Crippen MR) is 60.3 cm³/mol. The Bertz CT molecular complexity index is 443. The molecule has 0 radical (unpaired) electrons. The van der Waals surface area contributed by atoms with E-state index in [4.69, 9.17) is 0 Å². The van der Waals surface area contributed by atoms with Crippen molar-refractivity contribution in [1.29, 1.82) is 0 Å². The Morgan fingerprint density at radius 2 is 2.25 bits per heavy atom. The van der Waals surface area contributed by atoms with Crippen LogP contribution in [-0.2, 0) is 12.0 Å². The Labute approximate surface area is 94.2 Å². The summed E-state index contributed by atoms with van der Waals surface area (Å²) < 4.78 is 0. The van der Waals surface area contributed by atoms with E-state index in [-0.39, 0.29) is 11.1 Å². The van der Waals surface area contributed by atoms with Gasteiger partial charge in [-0.15, -0.1) is 0 Å². The number of rotatable bonds is 1. The molecule has 1 aliphatic heterocycles. The van der Waals surface area contributed by atoms with Crippen LogP contribution in [0.4, 0.5) is 5.69 Å². The molecule has 0 aliphatic carbocycles. The summed E-state index contributed by atoms with van der Waals surface area (Å²) in [7, 11) is 2.02. The van der Waals surface area contributed by atoms with Gasteiger partial charge in [-0.05, 0) is 12.6 Å². The second-order valence-electron chi connectivity index (χ2n) is 5.01. The topological polar surface area (TPSA) is 59.3 Å². The lowest BCUT2D eigenvalue weighted by Crippen LogP contribution is -2.40. The molecule has 0 amide bonds. The van der Waals surface area contributed by atoms with Gasteiger partial charge in [0.1, 0.15) is 6.20 Å². The zero-order chi connectivity index (χ0) is 11.9. The van der Waals surface area contributed by atoms with Crippen molar-refractivity contribution in [2.24, 2.45) is 0 Å². The lowest BCUT2D eigenvalue weighted by Gasteiger charge is -2.36. The van der Waals surface area contributed by atoms with Crippen LogP contribution in [0.2, 0.25) is 0 Å². The first kappa shape index (κ1) is 11.0. The number of hydrogen-bond donors (Lipinski definition) is 0. The van der Waals surface area contributed by atoms with Gasteiger partial charge in [-0.25, -0.2) is 0 Å². The fraction of sp³-hybridized carbons (Fsp3) is 0.545. The third-order valence-electron chi connectivity index (χ3n) is 2.91. The molecule has 2 heterocycles. The van der Waals surface area contributed by atoms with Gasteiger partial charge >= 0.3 is 0 Å². The van der Waals surface area contributed by atoms with Gasteiger partial charge in [0.25, 0.3) is 5.69 Å². The number of fused-ring (bicyclic) bond motifs is 1. The Hall–Kier alpha value is -1.49.